The lowest BCUT2D eigenvalue weighted by molar-refractivity contribution is -0.122. The summed E-state index contributed by atoms with van der Waals surface area (Å²) in [7, 11) is 0. The number of halogens is 3. The Hall–Kier alpha value is -3.05. The Kier molecular flexibility index (Phi) is 7.17. The summed E-state index contributed by atoms with van der Waals surface area (Å²) in [5.41, 5.74) is 6.05. The van der Waals surface area contributed by atoms with Crippen molar-refractivity contribution in [3.05, 3.63) is 35.0 Å². The van der Waals surface area contributed by atoms with Gasteiger partial charge in [0.05, 0.1) is 17.3 Å². The number of carbonyl (C=O) groups excluding carboxylic acids is 1. The highest BCUT2D eigenvalue weighted by Gasteiger charge is 2.30. The molecule has 1 unspecified atom stereocenters. The molecule has 3 aromatic rings. The maximum Gasteiger partial charge on any atom is 0.224 e. The van der Waals surface area contributed by atoms with Crippen LogP contribution in [0.1, 0.15) is 57.9 Å². The molecule has 1 aromatic carbocycles. The van der Waals surface area contributed by atoms with E-state index in [1.54, 1.807) is 6.20 Å². The Morgan fingerprint density at radius 1 is 1.16 bits per heavy atom. The molecule has 12 heteroatoms. The molecule has 0 saturated heterocycles. The van der Waals surface area contributed by atoms with Gasteiger partial charge in [-0.25, -0.2) is 18.7 Å². The zero-order chi connectivity index (χ0) is 26.3. The average Bonchev–Trinajstić information content (AvgIpc) is 3.23. The molecule has 2 fully saturated rings. The van der Waals surface area contributed by atoms with E-state index in [9.17, 15) is 18.7 Å². The molecule has 37 heavy (non-hydrogen) atoms. The smallest absolute Gasteiger partial charge is 0.224 e. The van der Waals surface area contributed by atoms with Crippen LogP contribution < -0.4 is 16.4 Å². The van der Waals surface area contributed by atoms with Gasteiger partial charge in [-0.1, -0.05) is 18.5 Å². The maximum atomic E-state index is 14.7. The van der Waals surface area contributed by atoms with Crippen molar-refractivity contribution in [2.45, 2.75) is 70.1 Å². The van der Waals surface area contributed by atoms with Crippen LogP contribution in [0.25, 0.3) is 11.2 Å². The van der Waals surface area contributed by atoms with Crippen LogP contribution in [-0.4, -0.2) is 42.7 Å². The Morgan fingerprint density at radius 2 is 1.92 bits per heavy atom. The molecular formula is C25H30ClF2N7O2. The average molecular weight is 534 g/mol. The van der Waals surface area contributed by atoms with E-state index in [4.69, 9.17) is 22.3 Å². The van der Waals surface area contributed by atoms with Gasteiger partial charge in [0.1, 0.15) is 17.0 Å². The minimum absolute atomic E-state index is 0.0262. The van der Waals surface area contributed by atoms with Gasteiger partial charge < -0.3 is 21.5 Å². The molecular weight excluding hydrogens is 504 g/mol. The minimum atomic E-state index is -0.920. The largest absolute Gasteiger partial charge is 0.393 e. The first-order valence-electron chi connectivity index (χ1n) is 12.6. The molecule has 2 aliphatic carbocycles. The molecule has 0 radical (unpaired) electrons. The van der Waals surface area contributed by atoms with Crippen LogP contribution in [0, 0.1) is 23.5 Å². The molecule has 2 saturated carbocycles. The van der Waals surface area contributed by atoms with E-state index in [1.165, 1.54) is 0 Å². The van der Waals surface area contributed by atoms with E-state index in [1.807, 2.05) is 11.5 Å². The predicted molar refractivity (Wildman–Crippen MR) is 137 cm³/mol. The second kappa shape index (κ2) is 10.4. The summed E-state index contributed by atoms with van der Waals surface area (Å²) in [6.07, 6.45) is 5.97. The van der Waals surface area contributed by atoms with Crippen molar-refractivity contribution >= 4 is 46.3 Å². The molecule has 2 aliphatic rings. The number of rotatable bonds is 6. The second-order valence-electron chi connectivity index (χ2n) is 10.2. The highest BCUT2D eigenvalue weighted by molar-refractivity contribution is 6.31. The van der Waals surface area contributed by atoms with Crippen molar-refractivity contribution in [3.8, 4) is 0 Å². The number of anilines is 3. The summed E-state index contributed by atoms with van der Waals surface area (Å²) < 4.78 is 31.1. The third-order valence-electron chi connectivity index (χ3n) is 7.66. The van der Waals surface area contributed by atoms with E-state index < -0.39 is 17.3 Å². The van der Waals surface area contributed by atoms with Gasteiger partial charge in [-0.05, 0) is 63.0 Å². The first-order valence-corrected chi connectivity index (χ1v) is 13.0. The normalized spacial score (nSPS) is 26.2. The van der Waals surface area contributed by atoms with E-state index in [-0.39, 0.29) is 46.9 Å². The summed E-state index contributed by atoms with van der Waals surface area (Å²) in [6.45, 7) is 2.04. The van der Waals surface area contributed by atoms with Gasteiger partial charge in [0.25, 0.3) is 0 Å². The fourth-order valence-corrected chi connectivity index (χ4v) is 5.54. The van der Waals surface area contributed by atoms with Crippen molar-refractivity contribution in [1.82, 2.24) is 19.5 Å². The van der Waals surface area contributed by atoms with Gasteiger partial charge >= 0.3 is 0 Å². The summed E-state index contributed by atoms with van der Waals surface area (Å²) >= 11 is 5.90. The number of aliphatic hydroxyl groups is 1. The van der Waals surface area contributed by atoms with Crippen LogP contribution >= 0.6 is 11.6 Å². The SMILES string of the molecule is C[C@@H]1CCC(Nc2ncc3nc(Nc4c(F)ccc(Cl)c4F)n(C4CCC(C(N)=O)CC4)c3n2)C[C@H]1O. The number of hydrogen-bond donors (Lipinski definition) is 4. The second-order valence-corrected chi connectivity index (χ2v) is 10.6. The first kappa shape index (κ1) is 25.6. The highest BCUT2D eigenvalue weighted by atomic mass is 35.5. The van der Waals surface area contributed by atoms with Gasteiger partial charge in [-0.3, -0.25) is 9.36 Å². The lowest BCUT2D eigenvalue weighted by Crippen LogP contribution is -2.35. The molecule has 0 aliphatic heterocycles. The number of amides is 1. The number of fused-ring (bicyclic) bond motifs is 1. The third-order valence-corrected chi connectivity index (χ3v) is 7.96. The highest BCUT2D eigenvalue weighted by Crippen LogP contribution is 2.38. The number of imidazole rings is 1. The van der Waals surface area contributed by atoms with Crippen molar-refractivity contribution in [2.24, 2.45) is 17.6 Å². The molecule has 198 valence electrons. The molecule has 2 aromatic heterocycles. The van der Waals surface area contributed by atoms with Gasteiger partial charge in [0.2, 0.25) is 17.8 Å². The number of nitrogens with two attached hydrogens (primary N) is 1. The van der Waals surface area contributed by atoms with Crippen LogP contribution in [-0.2, 0) is 4.79 Å². The maximum absolute atomic E-state index is 14.7. The van der Waals surface area contributed by atoms with E-state index in [0.29, 0.717) is 49.2 Å². The van der Waals surface area contributed by atoms with Crippen LogP contribution in [0.5, 0.6) is 0 Å². The monoisotopic (exact) mass is 533 g/mol. The number of carbonyl (C=O) groups is 1. The minimum Gasteiger partial charge on any atom is -0.393 e. The quantitative estimate of drug-likeness (QED) is 0.338. The van der Waals surface area contributed by atoms with Gasteiger partial charge in [-0.15, -0.1) is 0 Å². The van der Waals surface area contributed by atoms with E-state index >= 15 is 0 Å². The fraction of sp³-hybridized carbons (Fsp3) is 0.520. The van der Waals surface area contributed by atoms with Crippen LogP contribution in [0.3, 0.4) is 0 Å². The molecule has 0 spiro atoms. The third kappa shape index (κ3) is 5.19. The van der Waals surface area contributed by atoms with Gasteiger partial charge in [-0.2, -0.15) is 4.98 Å². The van der Waals surface area contributed by atoms with E-state index in [0.717, 1.165) is 25.0 Å². The topological polar surface area (TPSA) is 131 Å². The number of aromatic nitrogens is 4. The van der Waals surface area contributed by atoms with Gasteiger partial charge in [0, 0.05) is 18.0 Å². The number of nitrogens with zero attached hydrogens (tertiary/aromatic N) is 4. The Bertz CT molecular complexity index is 1310. The standard InChI is InChI=1S/C25H30ClF2N7O2/c1-12-2-5-14(10-19(12)36)31-24-30-11-18-23(34-24)35(15-6-3-13(4-7-15)22(29)37)25(32-18)33-21-17(27)9-8-16(26)20(21)28/h8-9,11-15,19,36H,2-7,10H2,1H3,(H2,29,37)(H,32,33)(H,30,31,34)/t12-,13?,14?,15?,19-/m1/s1. The lowest BCUT2D eigenvalue weighted by atomic mass is 9.85. The lowest BCUT2D eigenvalue weighted by Gasteiger charge is -2.31. The Balaban J connectivity index is 1.51. The molecule has 9 nitrogen and oxygen atoms in total. The zero-order valence-corrected chi connectivity index (χ0v) is 21.2. The molecule has 5 N–H and O–H groups in total. The summed E-state index contributed by atoms with van der Waals surface area (Å²) in [5.74, 6) is -1.43. The van der Waals surface area contributed by atoms with Crippen molar-refractivity contribution in [2.75, 3.05) is 10.6 Å². The summed E-state index contributed by atoms with van der Waals surface area (Å²) in [6, 6.07) is 2.13. The van der Waals surface area contributed by atoms with Crippen LogP contribution in [0.4, 0.5) is 26.4 Å². The van der Waals surface area contributed by atoms with Crippen LogP contribution in [0.2, 0.25) is 5.02 Å². The Morgan fingerprint density at radius 3 is 2.62 bits per heavy atom. The number of benzene rings is 1. The number of aliphatic hydroxyl groups excluding tert-OH is 1. The molecule has 5 rings (SSSR count). The molecule has 3 atom stereocenters. The Labute approximate surface area is 217 Å². The van der Waals surface area contributed by atoms with Crippen LogP contribution in [0.15, 0.2) is 18.3 Å². The number of nitrogens with one attached hydrogen (secondary N) is 2. The van der Waals surface area contributed by atoms with Crippen molar-refractivity contribution in [1.29, 1.82) is 0 Å². The summed E-state index contributed by atoms with van der Waals surface area (Å²) in [5, 5.41) is 16.2. The van der Waals surface area contributed by atoms with Crippen molar-refractivity contribution in [3.63, 3.8) is 0 Å². The fourth-order valence-electron chi connectivity index (χ4n) is 5.38. The summed E-state index contributed by atoms with van der Waals surface area (Å²) in [4.78, 5) is 25.4. The van der Waals surface area contributed by atoms with Gasteiger partial charge in [0.15, 0.2) is 11.5 Å². The molecule has 0 bridgehead atoms. The number of primary amides is 1. The molecule has 1 amide bonds. The molecule has 2 heterocycles. The first-order chi connectivity index (χ1) is 17.7. The number of hydrogen-bond acceptors (Lipinski definition) is 7. The predicted octanol–water partition coefficient (Wildman–Crippen LogP) is 4.68. The van der Waals surface area contributed by atoms with E-state index in [2.05, 4.69) is 20.6 Å². The zero-order valence-electron chi connectivity index (χ0n) is 20.4. The van der Waals surface area contributed by atoms with Crippen molar-refractivity contribution < 1.29 is 18.7 Å².